The SMILES string of the molecule is CC(C)CCN(C)C(=O)NC(C)(C)C(=O)O. The summed E-state index contributed by atoms with van der Waals surface area (Å²) in [4.78, 5) is 23.9. The van der Waals surface area contributed by atoms with E-state index in [0.29, 0.717) is 12.5 Å². The fraction of sp³-hybridized carbons (Fsp3) is 0.818. The van der Waals surface area contributed by atoms with Crippen molar-refractivity contribution in [2.24, 2.45) is 5.92 Å². The van der Waals surface area contributed by atoms with Crippen molar-refractivity contribution in [2.75, 3.05) is 13.6 Å². The van der Waals surface area contributed by atoms with Gasteiger partial charge in [0.25, 0.3) is 0 Å². The van der Waals surface area contributed by atoms with E-state index in [1.165, 1.54) is 18.7 Å². The summed E-state index contributed by atoms with van der Waals surface area (Å²) >= 11 is 0. The van der Waals surface area contributed by atoms with Crippen LogP contribution in [0.15, 0.2) is 0 Å². The standard InChI is InChI=1S/C11H22N2O3/c1-8(2)6-7-13(5)10(16)12-11(3,4)9(14)15/h8H,6-7H2,1-5H3,(H,12,16)(H,14,15). The van der Waals surface area contributed by atoms with Crippen LogP contribution in [0.1, 0.15) is 34.1 Å². The lowest BCUT2D eigenvalue weighted by molar-refractivity contribution is -0.143. The minimum atomic E-state index is -1.23. The van der Waals surface area contributed by atoms with Gasteiger partial charge in [0, 0.05) is 13.6 Å². The van der Waals surface area contributed by atoms with Crippen LogP contribution in [-0.4, -0.2) is 41.1 Å². The minimum absolute atomic E-state index is 0.354. The highest BCUT2D eigenvalue weighted by molar-refractivity contribution is 5.85. The molecule has 0 aliphatic carbocycles. The number of aliphatic carboxylic acids is 1. The van der Waals surface area contributed by atoms with Gasteiger partial charge >= 0.3 is 12.0 Å². The molecule has 0 radical (unpaired) electrons. The molecule has 0 saturated carbocycles. The predicted octanol–water partition coefficient (Wildman–Crippen LogP) is 1.54. The van der Waals surface area contributed by atoms with Gasteiger partial charge in [-0.15, -0.1) is 0 Å². The highest BCUT2D eigenvalue weighted by Gasteiger charge is 2.29. The number of amides is 2. The smallest absolute Gasteiger partial charge is 0.328 e. The quantitative estimate of drug-likeness (QED) is 0.752. The molecule has 0 unspecified atom stereocenters. The number of rotatable bonds is 5. The summed E-state index contributed by atoms with van der Waals surface area (Å²) in [5, 5.41) is 11.3. The molecule has 0 saturated heterocycles. The maximum Gasteiger partial charge on any atom is 0.328 e. The number of hydrogen-bond donors (Lipinski definition) is 2. The van der Waals surface area contributed by atoms with E-state index in [1.807, 2.05) is 0 Å². The van der Waals surface area contributed by atoms with E-state index in [2.05, 4.69) is 19.2 Å². The van der Waals surface area contributed by atoms with Crippen LogP contribution in [0.5, 0.6) is 0 Å². The highest BCUT2D eigenvalue weighted by atomic mass is 16.4. The zero-order valence-corrected chi connectivity index (χ0v) is 10.7. The second-order valence-corrected chi connectivity index (χ2v) is 4.96. The van der Waals surface area contributed by atoms with Crippen LogP contribution in [0.3, 0.4) is 0 Å². The van der Waals surface area contributed by atoms with Crippen molar-refractivity contribution in [2.45, 2.75) is 39.7 Å². The largest absolute Gasteiger partial charge is 0.480 e. The Hall–Kier alpha value is -1.26. The van der Waals surface area contributed by atoms with Gasteiger partial charge in [0.2, 0.25) is 0 Å². The molecule has 0 aromatic heterocycles. The van der Waals surface area contributed by atoms with Crippen LogP contribution >= 0.6 is 0 Å². The van der Waals surface area contributed by atoms with Crippen LogP contribution in [-0.2, 0) is 4.79 Å². The molecular weight excluding hydrogens is 208 g/mol. The third-order valence-corrected chi connectivity index (χ3v) is 2.34. The van der Waals surface area contributed by atoms with E-state index in [-0.39, 0.29) is 6.03 Å². The van der Waals surface area contributed by atoms with E-state index in [9.17, 15) is 9.59 Å². The Morgan fingerprint density at radius 3 is 2.25 bits per heavy atom. The fourth-order valence-electron chi connectivity index (χ4n) is 0.970. The number of hydrogen-bond acceptors (Lipinski definition) is 2. The molecule has 0 spiro atoms. The summed E-state index contributed by atoms with van der Waals surface area (Å²) in [5.74, 6) is -0.527. The Bertz CT molecular complexity index is 262. The maximum atomic E-state index is 11.6. The molecule has 0 aliphatic heterocycles. The second kappa shape index (κ2) is 5.72. The summed E-state index contributed by atoms with van der Waals surface area (Å²) in [5.41, 5.74) is -1.23. The Morgan fingerprint density at radius 2 is 1.88 bits per heavy atom. The first-order valence-corrected chi connectivity index (χ1v) is 5.43. The number of carbonyl (C=O) groups excluding carboxylic acids is 1. The molecule has 0 fully saturated rings. The summed E-state index contributed by atoms with van der Waals surface area (Å²) in [7, 11) is 1.66. The van der Waals surface area contributed by atoms with Gasteiger partial charge in [0.05, 0.1) is 0 Å². The lowest BCUT2D eigenvalue weighted by Crippen LogP contribution is -2.53. The normalized spacial score (nSPS) is 11.4. The molecule has 5 nitrogen and oxygen atoms in total. The predicted molar refractivity (Wildman–Crippen MR) is 62.3 cm³/mol. The molecule has 5 heteroatoms. The zero-order valence-electron chi connectivity index (χ0n) is 10.7. The van der Waals surface area contributed by atoms with Crippen molar-refractivity contribution < 1.29 is 14.7 Å². The van der Waals surface area contributed by atoms with Crippen molar-refractivity contribution in [3.05, 3.63) is 0 Å². The number of carboxylic acid groups (broad SMARTS) is 1. The van der Waals surface area contributed by atoms with E-state index in [4.69, 9.17) is 5.11 Å². The van der Waals surface area contributed by atoms with E-state index in [0.717, 1.165) is 6.42 Å². The van der Waals surface area contributed by atoms with Gasteiger partial charge in [-0.25, -0.2) is 9.59 Å². The lowest BCUT2D eigenvalue weighted by atomic mass is 10.1. The summed E-state index contributed by atoms with van der Waals surface area (Å²) in [6.45, 7) is 7.70. The first-order chi connectivity index (χ1) is 7.16. The third kappa shape index (κ3) is 5.00. The van der Waals surface area contributed by atoms with Gasteiger partial charge in [-0.1, -0.05) is 13.8 Å². The van der Waals surface area contributed by atoms with Crippen LogP contribution < -0.4 is 5.32 Å². The van der Waals surface area contributed by atoms with Crippen molar-refractivity contribution in [1.29, 1.82) is 0 Å². The van der Waals surface area contributed by atoms with Crippen LogP contribution in [0.4, 0.5) is 4.79 Å². The molecule has 0 heterocycles. The average Bonchev–Trinajstić information content (AvgIpc) is 2.12. The van der Waals surface area contributed by atoms with Crippen molar-refractivity contribution >= 4 is 12.0 Å². The van der Waals surface area contributed by atoms with Crippen LogP contribution in [0.2, 0.25) is 0 Å². The number of nitrogens with zero attached hydrogens (tertiary/aromatic N) is 1. The van der Waals surface area contributed by atoms with Crippen LogP contribution in [0.25, 0.3) is 0 Å². The molecule has 0 aromatic rings. The van der Waals surface area contributed by atoms with Crippen LogP contribution in [0, 0.1) is 5.92 Å². The van der Waals surface area contributed by atoms with Gasteiger partial charge in [0.1, 0.15) is 5.54 Å². The first-order valence-electron chi connectivity index (χ1n) is 5.43. The molecule has 94 valence electrons. The Labute approximate surface area is 96.8 Å². The Kier molecular flexibility index (Phi) is 5.27. The summed E-state index contributed by atoms with van der Waals surface area (Å²) < 4.78 is 0. The number of nitrogens with one attached hydrogen (secondary N) is 1. The maximum absolute atomic E-state index is 11.6. The first kappa shape index (κ1) is 14.7. The molecule has 0 aromatic carbocycles. The van der Waals surface area contributed by atoms with E-state index < -0.39 is 11.5 Å². The third-order valence-electron chi connectivity index (χ3n) is 2.34. The average molecular weight is 230 g/mol. The lowest BCUT2D eigenvalue weighted by Gasteiger charge is -2.26. The van der Waals surface area contributed by atoms with Gasteiger partial charge in [-0.2, -0.15) is 0 Å². The van der Waals surface area contributed by atoms with Crippen molar-refractivity contribution in [3.63, 3.8) is 0 Å². The topological polar surface area (TPSA) is 69.6 Å². The Morgan fingerprint density at radius 1 is 1.38 bits per heavy atom. The number of carboxylic acids is 1. The molecule has 2 amide bonds. The molecule has 2 N–H and O–H groups in total. The van der Waals surface area contributed by atoms with Gasteiger partial charge in [-0.3, -0.25) is 0 Å². The summed E-state index contributed by atoms with van der Waals surface area (Å²) in [6, 6.07) is -0.354. The molecule has 0 atom stereocenters. The minimum Gasteiger partial charge on any atom is -0.480 e. The van der Waals surface area contributed by atoms with E-state index >= 15 is 0 Å². The molecule has 0 aliphatic rings. The highest BCUT2D eigenvalue weighted by Crippen LogP contribution is 2.05. The van der Waals surface area contributed by atoms with Crippen molar-refractivity contribution in [1.82, 2.24) is 10.2 Å². The number of carbonyl (C=O) groups is 2. The second-order valence-electron chi connectivity index (χ2n) is 4.96. The van der Waals surface area contributed by atoms with Crippen molar-refractivity contribution in [3.8, 4) is 0 Å². The summed E-state index contributed by atoms with van der Waals surface area (Å²) in [6.07, 6.45) is 0.900. The molecule has 16 heavy (non-hydrogen) atoms. The van der Waals surface area contributed by atoms with E-state index in [1.54, 1.807) is 7.05 Å². The molecule has 0 rings (SSSR count). The number of urea groups is 1. The van der Waals surface area contributed by atoms with Gasteiger partial charge < -0.3 is 15.3 Å². The Balaban J connectivity index is 4.20. The molecular formula is C11H22N2O3. The molecule has 0 bridgehead atoms. The zero-order chi connectivity index (χ0) is 12.9. The fourth-order valence-corrected chi connectivity index (χ4v) is 0.970. The van der Waals surface area contributed by atoms with Gasteiger partial charge in [0.15, 0.2) is 0 Å². The van der Waals surface area contributed by atoms with Gasteiger partial charge in [-0.05, 0) is 26.2 Å². The monoisotopic (exact) mass is 230 g/mol.